The Morgan fingerprint density at radius 3 is 2.64 bits per heavy atom. The molecule has 2 aliphatic rings. The second-order valence-corrected chi connectivity index (χ2v) is 10.2. The Bertz CT molecular complexity index is 1490. The summed E-state index contributed by atoms with van der Waals surface area (Å²) in [4.78, 5) is 53.0. The van der Waals surface area contributed by atoms with E-state index < -0.39 is 30.1 Å². The molecule has 39 heavy (non-hydrogen) atoms. The predicted octanol–water partition coefficient (Wildman–Crippen LogP) is 1.64. The SMILES string of the molecule is O=C(N[C@@H](CNC(=O)N1CC(O)C1)C(=O)O)c1c(Cl)cc2c(c1Cl)CCN(C(=O)c1ccc3cn[nH]c3c1)C2. The number of β-amino-alcohol motifs (C(OH)–C–C–N with tert-alkyl or cyclic N) is 1. The number of nitrogens with zero attached hydrogens (tertiary/aromatic N) is 3. The van der Waals surface area contributed by atoms with Crippen LogP contribution in [0.1, 0.15) is 31.8 Å². The van der Waals surface area contributed by atoms with Crippen molar-refractivity contribution in [3.8, 4) is 0 Å². The zero-order chi connectivity index (χ0) is 27.8. The molecule has 3 aromatic rings. The number of halogens is 2. The standard InChI is InChI=1S/C25H24Cl2N6O6/c26-17-5-14-9-32(23(36)12-1-2-13-7-29-31-18(13)6-12)4-3-16(14)21(27)20(17)22(35)30-19(24(37)38)8-28-25(39)33-10-15(34)11-33/h1-2,5-7,15,19,34H,3-4,8-11H2,(H,28,39)(H,29,31)(H,30,35)(H,37,38)/t19-/m0/s1. The van der Waals surface area contributed by atoms with E-state index >= 15 is 0 Å². The molecule has 5 rings (SSSR count). The Morgan fingerprint density at radius 1 is 1.15 bits per heavy atom. The molecule has 3 heterocycles. The number of aromatic amines is 1. The summed E-state index contributed by atoms with van der Waals surface area (Å²) in [7, 11) is 0. The Hall–Kier alpha value is -3.87. The van der Waals surface area contributed by atoms with Crippen molar-refractivity contribution in [2.45, 2.75) is 25.1 Å². The number of nitrogens with one attached hydrogen (secondary N) is 3. The number of aliphatic hydroxyl groups is 1. The molecule has 1 aromatic heterocycles. The van der Waals surface area contributed by atoms with Crippen LogP contribution in [0.3, 0.4) is 0 Å². The van der Waals surface area contributed by atoms with Crippen molar-refractivity contribution < 1.29 is 29.4 Å². The molecule has 5 N–H and O–H groups in total. The summed E-state index contributed by atoms with van der Waals surface area (Å²) in [6.45, 7) is 0.501. The number of hydrogen-bond donors (Lipinski definition) is 5. The van der Waals surface area contributed by atoms with Crippen LogP contribution in [0.4, 0.5) is 4.79 Å². The molecule has 2 aliphatic heterocycles. The van der Waals surface area contributed by atoms with Crippen molar-refractivity contribution in [2.24, 2.45) is 0 Å². The summed E-state index contributed by atoms with van der Waals surface area (Å²) in [6, 6.07) is 4.85. The summed E-state index contributed by atoms with van der Waals surface area (Å²) >= 11 is 13.0. The predicted molar refractivity (Wildman–Crippen MR) is 141 cm³/mol. The topological polar surface area (TPSA) is 168 Å². The number of carboxylic acid groups (broad SMARTS) is 1. The highest BCUT2D eigenvalue weighted by Gasteiger charge is 2.32. The van der Waals surface area contributed by atoms with Crippen LogP contribution >= 0.6 is 23.2 Å². The molecule has 0 bridgehead atoms. The molecular formula is C25H24Cl2N6O6. The van der Waals surface area contributed by atoms with Gasteiger partial charge < -0.3 is 30.6 Å². The van der Waals surface area contributed by atoms with Gasteiger partial charge in [-0.25, -0.2) is 9.59 Å². The highest BCUT2D eigenvalue weighted by molar-refractivity contribution is 6.40. The minimum Gasteiger partial charge on any atom is -0.480 e. The van der Waals surface area contributed by atoms with Crippen molar-refractivity contribution in [1.29, 1.82) is 0 Å². The largest absolute Gasteiger partial charge is 0.480 e. The number of carbonyl (C=O) groups is 4. The van der Waals surface area contributed by atoms with Crippen LogP contribution in [0.5, 0.6) is 0 Å². The van der Waals surface area contributed by atoms with Gasteiger partial charge in [0.05, 0.1) is 53.1 Å². The van der Waals surface area contributed by atoms with Gasteiger partial charge in [0.25, 0.3) is 11.8 Å². The first-order valence-electron chi connectivity index (χ1n) is 12.1. The fraction of sp³-hybridized carbons (Fsp3) is 0.320. The maximum absolute atomic E-state index is 13.2. The number of carbonyl (C=O) groups excluding carboxylic acids is 3. The lowest BCUT2D eigenvalue weighted by Crippen LogP contribution is -2.58. The third kappa shape index (κ3) is 5.35. The molecule has 1 saturated heterocycles. The number of hydrogen-bond acceptors (Lipinski definition) is 6. The third-order valence-corrected chi connectivity index (χ3v) is 7.53. The number of benzene rings is 2. The van der Waals surface area contributed by atoms with E-state index in [1.807, 2.05) is 6.07 Å². The Kier molecular flexibility index (Phi) is 7.34. The molecule has 4 amide bonds. The number of amides is 4. The summed E-state index contributed by atoms with van der Waals surface area (Å²) in [5.74, 6) is -2.34. The van der Waals surface area contributed by atoms with Crippen LogP contribution in [0, 0.1) is 0 Å². The molecule has 0 radical (unpaired) electrons. The lowest BCUT2D eigenvalue weighted by atomic mass is 9.96. The van der Waals surface area contributed by atoms with Gasteiger partial charge in [0.15, 0.2) is 0 Å². The van der Waals surface area contributed by atoms with Gasteiger partial charge in [-0.2, -0.15) is 5.10 Å². The molecule has 204 valence electrons. The van der Waals surface area contributed by atoms with Gasteiger partial charge in [0.1, 0.15) is 6.04 Å². The Balaban J connectivity index is 1.28. The third-order valence-electron chi connectivity index (χ3n) is 6.82. The second kappa shape index (κ2) is 10.7. The van der Waals surface area contributed by atoms with Crippen molar-refractivity contribution >= 4 is 57.9 Å². The van der Waals surface area contributed by atoms with E-state index in [1.54, 1.807) is 29.3 Å². The molecular weight excluding hydrogens is 551 g/mol. The van der Waals surface area contributed by atoms with Gasteiger partial charge in [-0.1, -0.05) is 29.3 Å². The van der Waals surface area contributed by atoms with Crippen LogP contribution in [-0.2, 0) is 17.8 Å². The molecule has 0 saturated carbocycles. The zero-order valence-corrected chi connectivity index (χ0v) is 21.9. The maximum atomic E-state index is 13.2. The van der Waals surface area contributed by atoms with Crippen LogP contribution in [0.15, 0.2) is 30.5 Å². The summed E-state index contributed by atoms with van der Waals surface area (Å²) < 4.78 is 0. The van der Waals surface area contributed by atoms with Crippen molar-refractivity contribution in [2.75, 3.05) is 26.2 Å². The monoisotopic (exact) mass is 574 g/mol. The quantitative estimate of drug-likeness (QED) is 0.298. The van der Waals surface area contributed by atoms with Gasteiger partial charge >= 0.3 is 12.0 Å². The zero-order valence-electron chi connectivity index (χ0n) is 20.4. The highest BCUT2D eigenvalue weighted by atomic mass is 35.5. The maximum Gasteiger partial charge on any atom is 0.328 e. The minimum absolute atomic E-state index is 0.00664. The second-order valence-electron chi connectivity index (χ2n) is 9.44. The number of H-pyrrole nitrogens is 1. The highest BCUT2D eigenvalue weighted by Crippen LogP contribution is 2.35. The van der Waals surface area contributed by atoms with E-state index in [1.165, 1.54) is 4.90 Å². The lowest BCUT2D eigenvalue weighted by molar-refractivity contribution is -0.139. The Labute approximate surface area is 231 Å². The first-order valence-corrected chi connectivity index (χ1v) is 12.8. The fourth-order valence-corrected chi connectivity index (χ4v) is 5.40. The number of aliphatic hydroxyl groups excluding tert-OH is 1. The normalized spacial score (nSPS) is 15.9. The number of aromatic nitrogens is 2. The van der Waals surface area contributed by atoms with Gasteiger partial charge in [0, 0.05) is 24.0 Å². The van der Waals surface area contributed by atoms with Crippen molar-refractivity contribution in [1.82, 2.24) is 30.6 Å². The Morgan fingerprint density at radius 2 is 1.92 bits per heavy atom. The average molecular weight is 575 g/mol. The van der Waals surface area contributed by atoms with Gasteiger partial charge in [-0.3, -0.25) is 14.7 Å². The van der Waals surface area contributed by atoms with Crippen molar-refractivity contribution in [3.05, 3.63) is 62.8 Å². The molecule has 12 nitrogen and oxygen atoms in total. The molecule has 1 atom stereocenters. The molecule has 0 aliphatic carbocycles. The summed E-state index contributed by atoms with van der Waals surface area (Å²) in [5.41, 5.74) is 2.50. The first-order chi connectivity index (χ1) is 18.6. The number of rotatable bonds is 6. The van der Waals surface area contributed by atoms with E-state index in [0.29, 0.717) is 29.7 Å². The van der Waals surface area contributed by atoms with Crippen LogP contribution in [-0.4, -0.2) is 92.3 Å². The van der Waals surface area contributed by atoms with Gasteiger partial charge in [-0.15, -0.1) is 0 Å². The van der Waals surface area contributed by atoms with E-state index in [2.05, 4.69) is 20.8 Å². The number of likely N-dealkylation sites (tertiary alicyclic amines) is 1. The number of carboxylic acids is 1. The van der Waals surface area contributed by atoms with Crippen molar-refractivity contribution in [3.63, 3.8) is 0 Å². The number of aliphatic carboxylic acids is 1. The van der Waals surface area contributed by atoms with Gasteiger partial charge in [-0.05, 0) is 35.7 Å². The van der Waals surface area contributed by atoms with E-state index in [-0.39, 0.29) is 47.7 Å². The lowest BCUT2D eigenvalue weighted by Gasteiger charge is -2.35. The number of fused-ring (bicyclic) bond motifs is 2. The summed E-state index contributed by atoms with van der Waals surface area (Å²) in [6.07, 6.45) is 1.44. The molecule has 0 spiro atoms. The van der Waals surface area contributed by atoms with Gasteiger partial charge in [0.2, 0.25) is 0 Å². The smallest absolute Gasteiger partial charge is 0.328 e. The van der Waals surface area contributed by atoms with Crippen LogP contribution in [0.2, 0.25) is 10.0 Å². The average Bonchev–Trinajstić information content (AvgIpc) is 3.36. The van der Waals surface area contributed by atoms with E-state index in [9.17, 15) is 29.4 Å². The first kappa shape index (κ1) is 26.7. The molecule has 14 heteroatoms. The van der Waals surface area contributed by atoms with E-state index in [0.717, 1.165) is 10.9 Å². The number of urea groups is 1. The molecule has 0 unspecified atom stereocenters. The fourth-order valence-electron chi connectivity index (χ4n) is 4.64. The van der Waals surface area contributed by atoms with Crippen LogP contribution < -0.4 is 10.6 Å². The van der Waals surface area contributed by atoms with Crippen LogP contribution in [0.25, 0.3) is 10.9 Å². The van der Waals surface area contributed by atoms with E-state index in [4.69, 9.17) is 23.2 Å². The molecule has 1 fully saturated rings. The minimum atomic E-state index is -1.45. The molecule has 2 aromatic carbocycles. The summed E-state index contributed by atoms with van der Waals surface area (Å²) in [5, 5.41) is 31.5.